The fourth-order valence-corrected chi connectivity index (χ4v) is 2.44. The minimum Gasteiger partial charge on any atom is -0.378 e. The van der Waals surface area contributed by atoms with Gasteiger partial charge in [-0.05, 0) is 46.8 Å². The van der Waals surface area contributed by atoms with Crippen LogP contribution in [-0.4, -0.2) is 14.7 Å². The molecule has 1 unspecified atom stereocenters. The van der Waals surface area contributed by atoms with Crippen molar-refractivity contribution >= 4 is 11.4 Å². The molecule has 24 heavy (non-hydrogen) atoms. The van der Waals surface area contributed by atoms with E-state index in [1.54, 1.807) is 6.07 Å². The number of nitrogens with one attached hydrogen (secondary N) is 1. The summed E-state index contributed by atoms with van der Waals surface area (Å²) < 4.78 is 1.92. The number of nitro groups is 1. The summed E-state index contributed by atoms with van der Waals surface area (Å²) in [6.45, 7) is 10.2. The average Bonchev–Trinajstić information content (AvgIpc) is 2.89. The minimum absolute atomic E-state index is 0.0410. The first-order valence-corrected chi connectivity index (χ1v) is 7.65. The lowest BCUT2D eigenvalue weighted by Crippen LogP contribution is -2.22. The van der Waals surface area contributed by atoms with E-state index in [1.807, 2.05) is 30.8 Å². The normalized spacial score (nSPS) is 12.5. The van der Waals surface area contributed by atoms with Crippen LogP contribution in [0.4, 0.5) is 11.4 Å². The summed E-state index contributed by atoms with van der Waals surface area (Å²) >= 11 is 0. The molecule has 7 heteroatoms. The molecule has 0 saturated heterocycles. The lowest BCUT2D eigenvalue weighted by molar-refractivity contribution is -0.385. The predicted molar refractivity (Wildman–Crippen MR) is 91.8 cm³/mol. The van der Waals surface area contributed by atoms with Crippen molar-refractivity contribution in [2.75, 3.05) is 5.32 Å². The number of benzene rings is 1. The van der Waals surface area contributed by atoms with Crippen LogP contribution in [0.25, 0.3) is 0 Å². The molecule has 2 aromatic rings. The number of nitro benzene ring substituents is 1. The van der Waals surface area contributed by atoms with E-state index in [-0.39, 0.29) is 22.8 Å². The van der Waals surface area contributed by atoms with E-state index in [1.165, 1.54) is 12.1 Å². The van der Waals surface area contributed by atoms with Crippen molar-refractivity contribution in [3.63, 3.8) is 0 Å². The molecule has 126 valence electrons. The Kier molecular flexibility index (Phi) is 4.60. The van der Waals surface area contributed by atoms with E-state index in [2.05, 4.69) is 31.2 Å². The molecule has 0 saturated carbocycles. The maximum Gasteiger partial charge on any atom is 0.287 e. The monoisotopic (exact) mass is 327 g/mol. The maximum atomic E-state index is 10.9. The van der Waals surface area contributed by atoms with Crippen LogP contribution >= 0.6 is 0 Å². The zero-order chi connectivity index (χ0) is 18.1. The largest absolute Gasteiger partial charge is 0.378 e. The van der Waals surface area contributed by atoms with E-state index < -0.39 is 4.92 Å². The van der Waals surface area contributed by atoms with Crippen molar-refractivity contribution in [1.29, 1.82) is 5.26 Å². The summed E-state index contributed by atoms with van der Waals surface area (Å²) in [6.07, 6.45) is 2.00. The van der Waals surface area contributed by atoms with Gasteiger partial charge in [-0.25, -0.2) is 0 Å². The second-order valence-corrected chi connectivity index (χ2v) is 6.75. The summed E-state index contributed by atoms with van der Waals surface area (Å²) in [4.78, 5) is 10.3. The van der Waals surface area contributed by atoms with Crippen molar-refractivity contribution in [1.82, 2.24) is 9.78 Å². The fourth-order valence-electron chi connectivity index (χ4n) is 2.44. The van der Waals surface area contributed by atoms with Crippen LogP contribution in [0.5, 0.6) is 0 Å². The lowest BCUT2D eigenvalue weighted by atomic mass is 10.1. The molecule has 1 aromatic heterocycles. The Morgan fingerprint density at radius 3 is 2.58 bits per heavy atom. The molecule has 2 rings (SSSR count). The Labute approximate surface area is 141 Å². The number of rotatable bonds is 4. The summed E-state index contributed by atoms with van der Waals surface area (Å²) in [5.41, 5.74) is 2.37. The van der Waals surface area contributed by atoms with Gasteiger partial charge in [0.05, 0.1) is 22.2 Å². The highest BCUT2D eigenvalue weighted by atomic mass is 16.6. The number of hydrogen-bond donors (Lipinski definition) is 1. The van der Waals surface area contributed by atoms with E-state index in [0.717, 1.165) is 11.3 Å². The Balaban J connectivity index is 2.27. The molecule has 0 aliphatic rings. The number of aryl methyl sites for hydroxylation is 1. The maximum absolute atomic E-state index is 10.9. The van der Waals surface area contributed by atoms with Crippen molar-refractivity contribution in [2.45, 2.75) is 46.2 Å². The minimum atomic E-state index is -0.552. The zero-order valence-corrected chi connectivity index (χ0v) is 14.5. The molecule has 0 aliphatic heterocycles. The highest BCUT2D eigenvalue weighted by Gasteiger charge is 2.20. The molecule has 7 nitrogen and oxygen atoms in total. The van der Waals surface area contributed by atoms with Crippen LogP contribution in [0.2, 0.25) is 0 Å². The smallest absolute Gasteiger partial charge is 0.287 e. The van der Waals surface area contributed by atoms with E-state index >= 15 is 0 Å². The predicted octanol–water partition coefficient (Wildman–Crippen LogP) is 3.90. The van der Waals surface area contributed by atoms with Gasteiger partial charge in [-0.15, -0.1) is 0 Å². The lowest BCUT2D eigenvalue weighted by Gasteiger charge is -2.19. The number of nitriles is 1. The van der Waals surface area contributed by atoms with Crippen LogP contribution in [-0.2, 0) is 5.54 Å². The van der Waals surface area contributed by atoms with Crippen LogP contribution in [0.15, 0.2) is 24.4 Å². The number of nitrogens with zero attached hydrogens (tertiary/aromatic N) is 4. The molecule has 1 N–H and O–H groups in total. The van der Waals surface area contributed by atoms with E-state index in [9.17, 15) is 10.1 Å². The summed E-state index contributed by atoms with van der Waals surface area (Å²) in [5, 5.41) is 27.8. The number of hydrogen-bond acceptors (Lipinski definition) is 5. The Morgan fingerprint density at radius 2 is 2.08 bits per heavy atom. The molecule has 0 fully saturated rings. The molecule has 0 aliphatic carbocycles. The summed E-state index contributed by atoms with van der Waals surface area (Å²) in [7, 11) is 0. The summed E-state index contributed by atoms with van der Waals surface area (Å²) in [5.74, 6) is 0. The van der Waals surface area contributed by atoms with E-state index in [0.29, 0.717) is 5.69 Å². The molecule has 1 atom stereocenters. The van der Waals surface area contributed by atoms with Gasteiger partial charge in [0, 0.05) is 23.5 Å². The SMILES string of the molecule is Cc1nn(C(C)(C)C)cc1C(C)Nc1ccc([N+](=O)[O-])c(C#N)c1. The second-order valence-electron chi connectivity index (χ2n) is 6.75. The standard InChI is InChI=1S/C17H21N5O2/c1-11(15-10-21(17(3,4)5)20-12(15)2)19-14-6-7-16(22(23)24)13(8-14)9-18/h6-8,10-11,19H,1-5H3. The first-order chi connectivity index (χ1) is 11.1. The number of anilines is 1. The molecule has 0 amide bonds. The van der Waals surface area contributed by atoms with Crippen LogP contribution in [0.3, 0.4) is 0 Å². The highest BCUT2D eigenvalue weighted by molar-refractivity contribution is 5.59. The van der Waals surface area contributed by atoms with Crippen LogP contribution in [0, 0.1) is 28.4 Å². The third-order valence-electron chi connectivity index (χ3n) is 3.79. The van der Waals surface area contributed by atoms with Gasteiger partial charge in [-0.2, -0.15) is 10.4 Å². The van der Waals surface area contributed by atoms with Gasteiger partial charge in [0.2, 0.25) is 0 Å². The van der Waals surface area contributed by atoms with Gasteiger partial charge in [-0.3, -0.25) is 14.8 Å². The molecule has 1 heterocycles. The average molecular weight is 327 g/mol. The molecule has 0 radical (unpaired) electrons. The first kappa shape index (κ1) is 17.5. The highest BCUT2D eigenvalue weighted by Crippen LogP contribution is 2.27. The van der Waals surface area contributed by atoms with Gasteiger partial charge >= 0.3 is 0 Å². The van der Waals surface area contributed by atoms with Gasteiger partial charge in [-0.1, -0.05) is 0 Å². The van der Waals surface area contributed by atoms with Gasteiger partial charge in [0.1, 0.15) is 11.6 Å². The second kappa shape index (κ2) is 6.32. The van der Waals surface area contributed by atoms with Crippen LogP contribution in [0.1, 0.15) is 50.6 Å². The topological polar surface area (TPSA) is 96.8 Å². The Hall–Kier alpha value is -2.88. The van der Waals surface area contributed by atoms with E-state index in [4.69, 9.17) is 5.26 Å². The Morgan fingerprint density at radius 1 is 1.42 bits per heavy atom. The van der Waals surface area contributed by atoms with Crippen molar-refractivity contribution < 1.29 is 4.92 Å². The number of aromatic nitrogens is 2. The fraction of sp³-hybridized carbons (Fsp3) is 0.412. The molecule has 0 spiro atoms. The zero-order valence-electron chi connectivity index (χ0n) is 14.5. The van der Waals surface area contributed by atoms with Crippen molar-refractivity contribution in [3.05, 3.63) is 51.3 Å². The van der Waals surface area contributed by atoms with Gasteiger partial charge in [0.15, 0.2) is 0 Å². The third kappa shape index (κ3) is 3.54. The molecular weight excluding hydrogens is 306 g/mol. The van der Waals surface area contributed by atoms with Gasteiger partial charge in [0.25, 0.3) is 5.69 Å². The van der Waals surface area contributed by atoms with Crippen molar-refractivity contribution in [3.8, 4) is 6.07 Å². The third-order valence-corrected chi connectivity index (χ3v) is 3.79. The van der Waals surface area contributed by atoms with Gasteiger partial charge < -0.3 is 5.32 Å². The quantitative estimate of drug-likeness (QED) is 0.678. The van der Waals surface area contributed by atoms with Crippen molar-refractivity contribution in [2.24, 2.45) is 0 Å². The molecule has 0 bridgehead atoms. The summed E-state index contributed by atoms with van der Waals surface area (Å²) in [6, 6.07) is 6.27. The first-order valence-electron chi connectivity index (χ1n) is 7.65. The molecular formula is C17H21N5O2. The molecule has 1 aromatic carbocycles. The Bertz CT molecular complexity index is 811. The van der Waals surface area contributed by atoms with Crippen LogP contribution < -0.4 is 5.32 Å².